The van der Waals surface area contributed by atoms with Gasteiger partial charge in [0.05, 0.1) is 25.4 Å². The Bertz CT molecular complexity index is 384. The van der Waals surface area contributed by atoms with Crippen LogP contribution in [0, 0.1) is 0 Å². The van der Waals surface area contributed by atoms with Gasteiger partial charge in [0, 0.05) is 7.05 Å². The quantitative estimate of drug-likeness (QED) is 0.515. The Morgan fingerprint density at radius 3 is 2.28 bits per heavy atom. The summed E-state index contributed by atoms with van der Waals surface area (Å²) in [6, 6.07) is 0.178. The predicted octanol–water partition coefficient (Wildman–Crippen LogP) is -0.533. The number of nitrogens with zero attached hydrogens (tertiary/aromatic N) is 3. The van der Waals surface area contributed by atoms with Gasteiger partial charge in [0.2, 0.25) is 11.9 Å². The Hall–Kier alpha value is -1.67. The molecule has 0 aromatic carbocycles. The zero-order valence-corrected chi connectivity index (χ0v) is 10.8. The van der Waals surface area contributed by atoms with Crippen molar-refractivity contribution in [3.63, 3.8) is 0 Å². The molecule has 102 valence electrons. The van der Waals surface area contributed by atoms with E-state index >= 15 is 0 Å². The number of hydrogen-bond donors (Lipinski definition) is 4. The largest absolute Gasteiger partial charge is 0.464 e. The van der Waals surface area contributed by atoms with Crippen LogP contribution in [0.25, 0.3) is 0 Å². The molecule has 0 saturated heterocycles. The molecule has 18 heavy (non-hydrogen) atoms. The molecular weight excluding hydrogens is 238 g/mol. The molecule has 0 aliphatic carbocycles. The van der Waals surface area contributed by atoms with Crippen molar-refractivity contribution >= 4 is 11.9 Å². The summed E-state index contributed by atoms with van der Waals surface area (Å²) in [6.45, 7) is 3.39. The maximum Gasteiger partial charge on any atom is 0.323 e. The minimum Gasteiger partial charge on any atom is -0.464 e. The number of rotatable bonds is 7. The predicted molar refractivity (Wildman–Crippen MR) is 66.7 cm³/mol. The van der Waals surface area contributed by atoms with Gasteiger partial charge < -0.3 is 25.6 Å². The lowest BCUT2D eigenvalue weighted by Gasteiger charge is -2.26. The zero-order chi connectivity index (χ0) is 13.6. The molecule has 0 saturated carbocycles. The van der Waals surface area contributed by atoms with Crippen molar-refractivity contribution in [1.82, 2.24) is 15.0 Å². The minimum absolute atomic E-state index is 0.178. The van der Waals surface area contributed by atoms with Crippen LogP contribution >= 0.6 is 0 Å². The molecule has 0 aliphatic heterocycles. The van der Waals surface area contributed by atoms with Crippen molar-refractivity contribution < 1.29 is 14.9 Å². The first-order chi connectivity index (χ1) is 8.56. The molecule has 0 atom stereocenters. The summed E-state index contributed by atoms with van der Waals surface area (Å²) in [5.41, 5.74) is -0.907. The van der Waals surface area contributed by atoms with E-state index in [-0.39, 0.29) is 25.2 Å². The highest BCUT2D eigenvalue weighted by atomic mass is 16.5. The molecule has 0 spiro atoms. The number of nitrogens with one attached hydrogen (secondary N) is 2. The van der Waals surface area contributed by atoms with Gasteiger partial charge >= 0.3 is 6.01 Å². The molecule has 1 heterocycles. The molecule has 0 radical (unpaired) electrons. The van der Waals surface area contributed by atoms with Gasteiger partial charge in [0.15, 0.2) is 0 Å². The van der Waals surface area contributed by atoms with Gasteiger partial charge in [0.25, 0.3) is 0 Å². The van der Waals surface area contributed by atoms with Crippen LogP contribution in [0.3, 0.4) is 0 Å². The molecule has 1 aromatic heterocycles. The van der Waals surface area contributed by atoms with Crippen molar-refractivity contribution in [2.24, 2.45) is 0 Å². The molecule has 0 fully saturated rings. The molecule has 0 unspecified atom stereocenters. The lowest BCUT2D eigenvalue weighted by molar-refractivity contribution is 0.147. The molecule has 8 heteroatoms. The summed E-state index contributed by atoms with van der Waals surface area (Å²) in [5.74, 6) is 0.567. The van der Waals surface area contributed by atoms with Crippen molar-refractivity contribution in [3.05, 3.63) is 0 Å². The maximum atomic E-state index is 9.21. The van der Waals surface area contributed by atoms with Crippen molar-refractivity contribution in [1.29, 1.82) is 0 Å². The molecule has 1 aromatic rings. The first-order valence-electron chi connectivity index (χ1n) is 5.63. The SMILES string of the molecule is CCOc1nc(NC)nc(NC(C)(CO)CO)n1. The zero-order valence-electron chi connectivity index (χ0n) is 10.8. The second kappa shape index (κ2) is 6.31. The van der Waals surface area contributed by atoms with E-state index in [0.29, 0.717) is 12.6 Å². The standard InChI is InChI=1S/C10H19N5O3/c1-4-18-9-13-7(11-3)12-8(14-9)15-10(2,5-16)6-17/h16-17H,4-6H2,1-3H3,(H2,11,12,13,14,15). The molecule has 1 rings (SSSR count). The lowest BCUT2D eigenvalue weighted by Crippen LogP contribution is -2.43. The monoisotopic (exact) mass is 257 g/mol. The van der Waals surface area contributed by atoms with E-state index in [1.54, 1.807) is 14.0 Å². The number of aliphatic hydroxyl groups is 2. The Kier molecular flexibility index (Phi) is 5.05. The van der Waals surface area contributed by atoms with Crippen LogP contribution in [0.1, 0.15) is 13.8 Å². The first-order valence-corrected chi connectivity index (χ1v) is 5.63. The molecule has 8 nitrogen and oxygen atoms in total. The maximum absolute atomic E-state index is 9.21. The van der Waals surface area contributed by atoms with Crippen LogP contribution < -0.4 is 15.4 Å². The van der Waals surface area contributed by atoms with Crippen molar-refractivity contribution in [2.45, 2.75) is 19.4 Å². The molecule has 0 amide bonds. The summed E-state index contributed by atoms with van der Waals surface area (Å²) in [5, 5.41) is 24.0. The van der Waals surface area contributed by atoms with Crippen LogP contribution in [0.2, 0.25) is 0 Å². The fraction of sp³-hybridized carbons (Fsp3) is 0.700. The van der Waals surface area contributed by atoms with Gasteiger partial charge in [-0.3, -0.25) is 0 Å². The third-order valence-corrected chi connectivity index (χ3v) is 2.22. The summed E-state index contributed by atoms with van der Waals surface area (Å²) >= 11 is 0. The van der Waals surface area contributed by atoms with Crippen LogP contribution in [-0.2, 0) is 0 Å². The summed E-state index contributed by atoms with van der Waals surface area (Å²) in [6.07, 6.45) is 0. The fourth-order valence-corrected chi connectivity index (χ4v) is 1.12. The van der Waals surface area contributed by atoms with Crippen LogP contribution in [0.4, 0.5) is 11.9 Å². The summed E-state index contributed by atoms with van der Waals surface area (Å²) < 4.78 is 5.20. The normalized spacial score (nSPS) is 11.2. The average molecular weight is 257 g/mol. The lowest BCUT2D eigenvalue weighted by atomic mass is 10.1. The van der Waals surface area contributed by atoms with Gasteiger partial charge in [-0.05, 0) is 13.8 Å². The molecule has 0 bridgehead atoms. The Balaban J connectivity index is 2.96. The third kappa shape index (κ3) is 3.67. The van der Waals surface area contributed by atoms with Gasteiger partial charge in [0.1, 0.15) is 0 Å². The van der Waals surface area contributed by atoms with Crippen molar-refractivity contribution in [2.75, 3.05) is 37.5 Å². The van der Waals surface area contributed by atoms with Crippen LogP contribution in [0.15, 0.2) is 0 Å². The number of hydrogen-bond acceptors (Lipinski definition) is 8. The Morgan fingerprint density at radius 2 is 1.78 bits per heavy atom. The Morgan fingerprint density at radius 1 is 1.17 bits per heavy atom. The van der Waals surface area contributed by atoms with Gasteiger partial charge in [-0.15, -0.1) is 0 Å². The number of anilines is 2. The van der Waals surface area contributed by atoms with Gasteiger partial charge in [-0.1, -0.05) is 0 Å². The number of aliphatic hydroxyl groups excluding tert-OH is 2. The van der Waals surface area contributed by atoms with Crippen LogP contribution in [0.5, 0.6) is 6.01 Å². The minimum atomic E-state index is -0.907. The van der Waals surface area contributed by atoms with E-state index in [2.05, 4.69) is 25.6 Å². The highest BCUT2D eigenvalue weighted by Gasteiger charge is 2.23. The first kappa shape index (κ1) is 14.4. The molecule has 0 aliphatic rings. The van der Waals surface area contributed by atoms with Crippen LogP contribution in [-0.4, -0.2) is 57.6 Å². The van der Waals surface area contributed by atoms with Gasteiger partial charge in [-0.2, -0.15) is 15.0 Å². The van der Waals surface area contributed by atoms with E-state index < -0.39 is 5.54 Å². The highest BCUT2D eigenvalue weighted by molar-refractivity contribution is 5.37. The van der Waals surface area contributed by atoms with E-state index in [4.69, 9.17) is 4.74 Å². The van der Waals surface area contributed by atoms with E-state index in [1.807, 2.05) is 6.92 Å². The summed E-state index contributed by atoms with van der Waals surface area (Å²) in [7, 11) is 1.67. The highest BCUT2D eigenvalue weighted by Crippen LogP contribution is 2.15. The summed E-state index contributed by atoms with van der Waals surface area (Å²) in [4.78, 5) is 12.1. The van der Waals surface area contributed by atoms with Gasteiger partial charge in [-0.25, -0.2) is 0 Å². The van der Waals surface area contributed by atoms with E-state index in [9.17, 15) is 10.2 Å². The second-order valence-electron chi connectivity index (χ2n) is 3.95. The Labute approximate surface area is 105 Å². The fourth-order valence-electron chi connectivity index (χ4n) is 1.12. The van der Waals surface area contributed by atoms with E-state index in [1.165, 1.54) is 0 Å². The molecular formula is C10H19N5O3. The third-order valence-electron chi connectivity index (χ3n) is 2.22. The topological polar surface area (TPSA) is 112 Å². The smallest absolute Gasteiger partial charge is 0.323 e. The average Bonchev–Trinajstić information content (AvgIpc) is 2.38. The molecule has 4 N–H and O–H groups in total. The van der Waals surface area contributed by atoms with E-state index in [0.717, 1.165) is 0 Å². The van der Waals surface area contributed by atoms with Crippen molar-refractivity contribution in [3.8, 4) is 6.01 Å². The number of aromatic nitrogens is 3. The second-order valence-corrected chi connectivity index (χ2v) is 3.95. The number of ether oxygens (including phenoxy) is 1.